The third-order valence-corrected chi connectivity index (χ3v) is 2.66. The van der Waals surface area contributed by atoms with Gasteiger partial charge >= 0.3 is 6.18 Å². The molecule has 114 valence electrons. The maximum absolute atomic E-state index is 12.2. The monoisotopic (exact) mass is 299 g/mol. The van der Waals surface area contributed by atoms with E-state index in [0.29, 0.717) is 17.5 Å². The molecule has 0 saturated heterocycles. The number of halogens is 3. The molecule has 0 aliphatic heterocycles. The van der Waals surface area contributed by atoms with Crippen molar-refractivity contribution in [3.63, 3.8) is 0 Å². The maximum atomic E-state index is 12.2. The van der Waals surface area contributed by atoms with Gasteiger partial charge in [0.2, 0.25) is 5.91 Å². The van der Waals surface area contributed by atoms with Crippen LogP contribution in [-0.4, -0.2) is 35.7 Å². The van der Waals surface area contributed by atoms with Crippen molar-refractivity contribution in [1.82, 2.24) is 4.90 Å². The second kappa shape index (κ2) is 7.70. The number of alkyl halides is 3. The lowest BCUT2D eigenvalue weighted by Crippen LogP contribution is -2.30. The van der Waals surface area contributed by atoms with E-state index in [1.54, 1.807) is 24.3 Å². The lowest BCUT2D eigenvalue weighted by atomic mass is 10.1. The molecule has 1 aromatic carbocycles. The molecule has 0 aromatic heterocycles. The molecule has 1 rings (SSSR count). The number of amides is 1. The van der Waals surface area contributed by atoms with Gasteiger partial charge in [-0.3, -0.25) is 4.79 Å². The Morgan fingerprint density at radius 3 is 2.62 bits per heavy atom. The summed E-state index contributed by atoms with van der Waals surface area (Å²) in [5.41, 5.74) is 1.30. The molecule has 21 heavy (non-hydrogen) atoms. The van der Waals surface area contributed by atoms with E-state index in [-0.39, 0.29) is 13.2 Å². The van der Waals surface area contributed by atoms with Gasteiger partial charge in [0.05, 0.1) is 6.61 Å². The molecule has 0 heterocycles. The molecule has 1 N–H and O–H groups in total. The first-order chi connectivity index (χ1) is 9.83. The highest BCUT2D eigenvalue weighted by Gasteiger charge is 2.32. The first-order valence-electron chi connectivity index (χ1n) is 6.32. The molecular weight excluding hydrogens is 283 g/mol. The van der Waals surface area contributed by atoms with Crippen LogP contribution in [-0.2, 0) is 11.3 Å². The van der Waals surface area contributed by atoms with Gasteiger partial charge in [-0.2, -0.15) is 13.2 Å². The summed E-state index contributed by atoms with van der Waals surface area (Å²) in [6.45, 7) is -0.00195. The van der Waals surface area contributed by atoms with Crippen molar-refractivity contribution in [2.24, 2.45) is 0 Å². The van der Waals surface area contributed by atoms with Gasteiger partial charge in [0.25, 0.3) is 0 Å². The smallest absolute Gasteiger partial charge is 0.395 e. The molecule has 0 radical (unpaired) electrons. The van der Waals surface area contributed by atoms with E-state index in [9.17, 15) is 18.0 Å². The molecule has 0 spiro atoms. The van der Waals surface area contributed by atoms with Crippen LogP contribution in [0.15, 0.2) is 24.3 Å². The Morgan fingerprint density at radius 1 is 1.33 bits per heavy atom. The lowest BCUT2D eigenvalue weighted by molar-refractivity contribution is -0.160. The van der Waals surface area contributed by atoms with Crippen LogP contribution in [0.4, 0.5) is 13.2 Å². The number of nitrogens with zero attached hydrogens (tertiary/aromatic N) is 1. The third-order valence-electron chi connectivity index (χ3n) is 2.66. The van der Waals surface area contributed by atoms with E-state index in [1.807, 2.05) is 0 Å². The molecule has 0 saturated carbocycles. The molecule has 6 heteroatoms. The average Bonchev–Trinajstić information content (AvgIpc) is 2.39. The van der Waals surface area contributed by atoms with Gasteiger partial charge in [0, 0.05) is 25.6 Å². The van der Waals surface area contributed by atoms with Crippen molar-refractivity contribution in [3.8, 4) is 11.8 Å². The second-order valence-corrected chi connectivity index (χ2v) is 4.47. The fourth-order valence-electron chi connectivity index (χ4n) is 1.64. The summed E-state index contributed by atoms with van der Waals surface area (Å²) in [4.78, 5) is 12.5. The highest BCUT2D eigenvalue weighted by Crippen LogP contribution is 2.21. The fraction of sp³-hybridized carbons (Fsp3) is 0.400. The number of hydrogen-bond acceptors (Lipinski definition) is 2. The van der Waals surface area contributed by atoms with Crippen molar-refractivity contribution in [1.29, 1.82) is 0 Å². The van der Waals surface area contributed by atoms with Crippen LogP contribution in [0.2, 0.25) is 0 Å². The molecule has 1 aromatic rings. The fourth-order valence-corrected chi connectivity index (χ4v) is 1.64. The molecule has 0 aliphatic rings. The van der Waals surface area contributed by atoms with Gasteiger partial charge in [0.15, 0.2) is 0 Å². The van der Waals surface area contributed by atoms with E-state index < -0.39 is 18.5 Å². The minimum absolute atomic E-state index is 0.0545. The SMILES string of the molecule is CN(Cc1ccccc1C#CCCO)C(=O)CC(F)(F)F. The summed E-state index contributed by atoms with van der Waals surface area (Å²) in [5.74, 6) is 4.60. The molecular formula is C15H16F3NO2. The Labute approximate surface area is 121 Å². The molecule has 0 fully saturated rings. The Kier molecular flexibility index (Phi) is 6.25. The topological polar surface area (TPSA) is 40.5 Å². The van der Waals surface area contributed by atoms with Crippen molar-refractivity contribution >= 4 is 5.91 Å². The zero-order valence-electron chi connectivity index (χ0n) is 11.6. The minimum atomic E-state index is -4.51. The van der Waals surface area contributed by atoms with Crippen molar-refractivity contribution in [2.45, 2.75) is 25.6 Å². The zero-order chi connectivity index (χ0) is 15.9. The van der Waals surface area contributed by atoms with Gasteiger partial charge < -0.3 is 10.0 Å². The summed E-state index contributed by atoms with van der Waals surface area (Å²) in [6.07, 6.45) is -5.66. The first-order valence-corrected chi connectivity index (χ1v) is 6.32. The van der Waals surface area contributed by atoms with Crippen molar-refractivity contribution < 1.29 is 23.1 Å². The van der Waals surface area contributed by atoms with Crippen LogP contribution in [0.5, 0.6) is 0 Å². The van der Waals surface area contributed by atoms with E-state index in [1.165, 1.54) is 7.05 Å². The van der Waals surface area contributed by atoms with E-state index in [4.69, 9.17) is 5.11 Å². The van der Waals surface area contributed by atoms with Crippen LogP contribution in [0.1, 0.15) is 24.0 Å². The predicted octanol–water partition coefficient (Wildman–Crippen LogP) is 2.33. The van der Waals surface area contributed by atoms with Crippen molar-refractivity contribution in [3.05, 3.63) is 35.4 Å². The molecule has 3 nitrogen and oxygen atoms in total. The summed E-state index contributed by atoms with van der Waals surface area (Å²) >= 11 is 0. The predicted molar refractivity (Wildman–Crippen MR) is 72.2 cm³/mol. The normalized spacial score (nSPS) is 10.7. The van der Waals surface area contributed by atoms with Crippen LogP contribution in [0.25, 0.3) is 0 Å². The molecule has 1 amide bonds. The van der Waals surface area contributed by atoms with Gasteiger partial charge in [-0.15, -0.1) is 0 Å². The van der Waals surface area contributed by atoms with E-state index >= 15 is 0 Å². The summed E-state index contributed by atoms with van der Waals surface area (Å²) in [6, 6.07) is 6.92. The number of aliphatic hydroxyl groups excluding tert-OH is 1. The molecule has 0 aliphatic carbocycles. The molecule has 0 atom stereocenters. The number of rotatable bonds is 4. The number of carbonyl (C=O) groups is 1. The number of carbonyl (C=O) groups excluding carboxylic acids is 1. The summed E-state index contributed by atoms with van der Waals surface area (Å²) < 4.78 is 36.6. The van der Waals surface area contributed by atoms with Crippen LogP contribution in [0.3, 0.4) is 0 Å². The van der Waals surface area contributed by atoms with Gasteiger partial charge in [-0.25, -0.2) is 0 Å². The standard InChI is InChI=1S/C15H16F3NO2/c1-19(14(21)10-15(16,17)18)11-13-8-3-2-6-12(13)7-4-5-9-20/h2-3,6,8,20H,5,9-11H2,1H3. The number of aliphatic hydroxyl groups is 1. The average molecular weight is 299 g/mol. The highest BCUT2D eigenvalue weighted by molar-refractivity contribution is 5.76. The quantitative estimate of drug-likeness (QED) is 0.867. The van der Waals surface area contributed by atoms with Gasteiger partial charge in [-0.05, 0) is 11.6 Å². The van der Waals surface area contributed by atoms with E-state index in [0.717, 1.165) is 4.90 Å². The summed E-state index contributed by atoms with van der Waals surface area (Å²) in [7, 11) is 1.33. The minimum Gasteiger partial charge on any atom is -0.395 e. The Hall–Kier alpha value is -2.00. The second-order valence-electron chi connectivity index (χ2n) is 4.47. The van der Waals surface area contributed by atoms with Crippen LogP contribution < -0.4 is 0 Å². The Morgan fingerprint density at radius 2 is 2.00 bits per heavy atom. The Bertz CT molecular complexity index is 544. The third kappa shape index (κ3) is 6.32. The molecule has 0 bridgehead atoms. The Balaban J connectivity index is 2.79. The highest BCUT2D eigenvalue weighted by atomic mass is 19.4. The first kappa shape index (κ1) is 17.1. The largest absolute Gasteiger partial charge is 0.397 e. The number of hydrogen-bond donors (Lipinski definition) is 1. The van der Waals surface area contributed by atoms with Gasteiger partial charge in [-0.1, -0.05) is 30.0 Å². The summed E-state index contributed by atoms with van der Waals surface area (Å²) in [5, 5.41) is 8.68. The van der Waals surface area contributed by atoms with Gasteiger partial charge in [0.1, 0.15) is 6.42 Å². The van der Waals surface area contributed by atoms with Crippen LogP contribution in [0, 0.1) is 11.8 Å². The zero-order valence-corrected chi connectivity index (χ0v) is 11.6. The van der Waals surface area contributed by atoms with E-state index in [2.05, 4.69) is 11.8 Å². The van der Waals surface area contributed by atoms with Crippen LogP contribution >= 0.6 is 0 Å². The number of benzene rings is 1. The maximum Gasteiger partial charge on any atom is 0.397 e. The molecule has 0 unspecified atom stereocenters. The lowest BCUT2D eigenvalue weighted by Gasteiger charge is -2.19. The van der Waals surface area contributed by atoms with Crippen molar-refractivity contribution in [2.75, 3.05) is 13.7 Å².